The number of hydrogen-bond donors (Lipinski definition) is 0. The van der Waals surface area contributed by atoms with Crippen LogP contribution in [0.25, 0.3) is 10.8 Å². The fourth-order valence-corrected chi connectivity index (χ4v) is 4.48. The van der Waals surface area contributed by atoms with Crippen LogP contribution in [0.4, 0.5) is 0 Å². The average Bonchev–Trinajstić information content (AvgIpc) is 2.40. The Morgan fingerprint density at radius 3 is 2.18 bits per heavy atom. The van der Waals surface area contributed by atoms with Crippen molar-refractivity contribution in [2.75, 3.05) is 0 Å². The van der Waals surface area contributed by atoms with Crippen molar-refractivity contribution in [2.24, 2.45) is 0 Å². The molecular formula is C16H12I-. The third-order valence-corrected chi connectivity index (χ3v) is 5.54. The summed E-state index contributed by atoms with van der Waals surface area (Å²) in [6.45, 7) is 0. The normalized spacial score (nSPS) is 10.8. The molecule has 0 amide bonds. The number of rotatable bonds is 2. The number of benzene rings is 3. The maximum atomic E-state index is 2.27. The molecule has 0 spiro atoms. The molecule has 0 saturated carbocycles. The van der Waals surface area contributed by atoms with Crippen molar-refractivity contribution in [3.63, 3.8) is 0 Å². The summed E-state index contributed by atoms with van der Waals surface area (Å²) in [6, 6.07) is 26.1. The fraction of sp³-hybridized carbons (Fsp3) is 0. The summed E-state index contributed by atoms with van der Waals surface area (Å²) >= 11 is -0.0735. The maximum absolute atomic E-state index is 2.27. The van der Waals surface area contributed by atoms with Gasteiger partial charge in [0, 0.05) is 0 Å². The molecule has 0 N–H and O–H groups in total. The van der Waals surface area contributed by atoms with Crippen molar-refractivity contribution in [1.82, 2.24) is 0 Å². The molecule has 0 saturated heterocycles. The molecule has 0 unspecified atom stereocenters. The first-order valence-corrected chi connectivity index (χ1v) is 7.77. The molecule has 0 radical (unpaired) electrons. The zero-order chi connectivity index (χ0) is 11.5. The summed E-state index contributed by atoms with van der Waals surface area (Å²) in [6.07, 6.45) is 0. The second-order valence-electron chi connectivity index (χ2n) is 3.85. The van der Waals surface area contributed by atoms with Gasteiger partial charge in [0.1, 0.15) is 0 Å². The van der Waals surface area contributed by atoms with E-state index in [9.17, 15) is 0 Å². The van der Waals surface area contributed by atoms with Crippen LogP contribution in [0.3, 0.4) is 0 Å². The molecule has 0 aromatic heterocycles. The van der Waals surface area contributed by atoms with Gasteiger partial charge in [0.05, 0.1) is 0 Å². The Bertz CT molecular complexity index is 624. The Hall–Kier alpha value is -1.35. The van der Waals surface area contributed by atoms with Crippen LogP contribution >= 0.6 is 0 Å². The molecule has 0 nitrogen and oxygen atoms in total. The summed E-state index contributed by atoms with van der Waals surface area (Å²) in [5, 5.41) is 2.76. The molecule has 3 aromatic carbocycles. The van der Waals surface area contributed by atoms with Crippen molar-refractivity contribution >= 4 is 10.8 Å². The molecule has 17 heavy (non-hydrogen) atoms. The Balaban J connectivity index is 2.06. The van der Waals surface area contributed by atoms with Crippen molar-refractivity contribution < 1.29 is 21.2 Å². The van der Waals surface area contributed by atoms with Gasteiger partial charge in [0.25, 0.3) is 0 Å². The van der Waals surface area contributed by atoms with Crippen LogP contribution in [0.15, 0.2) is 72.8 Å². The first-order valence-electron chi connectivity index (χ1n) is 5.61. The van der Waals surface area contributed by atoms with Crippen molar-refractivity contribution in [3.8, 4) is 0 Å². The van der Waals surface area contributed by atoms with Gasteiger partial charge in [-0.2, -0.15) is 0 Å². The topological polar surface area (TPSA) is 0 Å². The first kappa shape index (κ1) is 10.8. The van der Waals surface area contributed by atoms with Gasteiger partial charge in [-0.1, -0.05) is 0 Å². The predicted octanol–water partition coefficient (Wildman–Crippen LogP) is 0.968. The Labute approximate surface area is 112 Å². The average molecular weight is 331 g/mol. The molecule has 3 rings (SSSR count). The Kier molecular flexibility index (Phi) is 3.10. The van der Waals surface area contributed by atoms with E-state index in [1.165, 1.54) is 17.9 Å². The molecule has 0 aliphatic rings. The van der Waals surface area contributed by atoms with E-state index in [4.69, 9.17) is 0 Å². The van der Waals surface area contributed by atoms with Gasteiger partial charge in [-0.05, 0) is 0 Å². The third kappa shape index (κ3) is 2.34. The van der Waals surface area contributed by atoms with Gasteiger partial charge in [-0.25, -0.2) is 0 Å². The second kappa shape index (κ2) is 4.88. The zero-order valence-corrected chi connectivity index (χ0v) is 11.5. The van der Waals surface area contributed by atoms with E-state index < -0.39 is 0 Å². The van der Waals surface area contributed by atoms with E-state index in [2.05, 4.69) is 72.8 Å². The van der Waals surface area contributed by atoms with Gasteiger partial charge < -0.3 is 0 Å². The van der Waals surface area contributed by atoms with E-state index in [1.807, 2.05) is 0 Å². The minimum absolute atomic E-state index is 0.0735. The summed E-state index contributed by atoms with van der Waals surface area (Å²) < 4.78 is 2.98. The molecule has 0 aliphatic carbocycles. The second-order valence-corrected chi connectivity index (χ2v) is 6.80. The van der Waals surface area contributed by atoms with Crippen molar-refractivity contribution in [1.29, 1.82) is 0 Å². The van der Waals surface area contributed by atoms with E-state index in [0.29, 0.717) is 0 Å². The molecule has 0 heterocycles. The van der Waals surface area contributed by atoms with Crippen molar-refractivity contribution in [2.45, 2.75) is 0 Å². The van der Waals surface area contributed by atoms with Crippen LogP contribution in [-0.2, 0) is 0 Å². The molecule has 84 valence electrons. The standard InChI is InChI=1S/C16H12I/c1-2-9-14(10-3-1)17-16-12-6-8-13-7-4-5-11-15(13)16/h1-12H/q-1. The quantitative estimate of drug-likeness (QED) is 0.614. The predicted molar refractivity (Wildman–Crippen MR) is 67.8 cm³/mol. The number of fused-ring (bicyclic) bond motifs is 1. The van der Waals surface area contributed by atoms with E-state index in [1.54, 1.807) is 0 Å². The molecule has 0 fully saturated rings. The monoisotopic (exact) mass is 331 g/mol. The van der Waals surface area contributed by atoms with Crippen LogP contribution in [0, 0.1) is 7.14 Å². The van der Waals surface area contributed by atoms with Crippen LogP contribution in [0.2, 0.25) is 0 Å². The first-order chi connectivity index (χ1) is 8.43. The molecule has 0 atom stereocenters. The van der Waals surface area contributed by atoms with Crippen molar-refractivity contribution in [3.05, 3.63) is 79.9 Å². The summed E-state index contributed by atoms with van der Waals surface area (Å²) in [7, 11) is 0. The van der Waals surface area contributed by atoms with Gasteiger partial charge in [-0.15, -0.1) is 0 Å². The van der Waals surface area contributed by atoms with Crippen LogP contribution in [0.5, 0.6) is 0 Å². The van der Waals surface area contributed by atoms with Crippen LogP contribution < -0.4 is 21.2 Å². The molecule has 1 heteroatoms. The molecule has 0 aliphatic heterocycles. The SMILES string of the molecule is c1ccc([I-]c2cccc3ccccc23)cc1. The summed E-state index contributed by atoms with van der Waals surface area (Å²) in [4.78, 5) is 0. The van der Waals surface area contributed by atoms with Gasteiger partial charge in [-0.3, -0.25) is 0 Å². The third-order valence-electron chi connectivity index (χ3n) is 2.68. The zero-order valence-electron chi connectivity index (χ0n) is 9.31. The molecule has 3 aromatic rings. The van der Waals surface area contributed by atoms with E-state index in [0.717, 1.165) is 0 Å². The van der Waals surface area contributed by atoms with Crippen LogP contribution in [0.1, 0.15) is 0 Å². The van der Waals surface area contributed by atoms with Gasteiger partial charge >= 0.3 is 112 Å². The van der Waals surface area contributed by atoms with E-state index in [-0.39, 0.29) is 21.2 Å². The Morgan fingerprint density at radius 2 is 1.29 bits per heavy atom. The van der Waals surface area contributed by atoms with E-state index >= 15 is 0 Å². The number of halogens is 1. The van der Waals surface area contributed by atoms with Gasteiger partial charge in [0.2, 0.25) is 0 Å². The number of hydrogen-bond acceptors (Lipinski definition) is 0. The van der Waals surface area contributed by atoms with Gasteiger partial charge in [0.15, 0.2) is 0 Å². The summed E-state index contributed by atoms with van der Waals surface area (Å²) in [5.74, 6) is 0. The van der Waals surface area contributed by atoms with Crippen LogP contribution in [-0.4, -0.2) is 0 Å². The fourth-order valence-electron chi connectivity index (χ4n) is 1.86. The summed E-state index contributed by atoms with van der Waals surface area (Å²) in [5.41, 5.74) is 0. The Morgan fingerprint density at radius 1 is 0.588 bits per heavy atom. The molecular weight excluding hydrogens is 319 g/mol. The molecule has 0 bridgehead atoms. The minimum atomic E-state index is -0.0735.